The van der Waals surface area contributed by atoms with E-state index in [2.05, 4.69) is 6.58 Å². The minimum atomic E-state index is -1.18. The van der Waals surface area contributed by atoms with Crippen LogP contribution in [0.15, 0.2) is 24.3 Å². The zero-order valence-corrected chi connectivity index (χ0v) is 13.7. The molecule has 1 saturated heterocycles. The van der Waals surface area contributed by atoms with E-state index in [1.54, 1.807) is 13.0 Å². The summed E-state index contributed by atoms with van der Waals surface area (Å²) in [7, 11) is 0. The monoisotopic (exact) mass is 330 g/mol. The van der Waals surface area contributed by atoms with Crippen molar-refractivity contribution in [3.63, 3.8) is 0 Å². The van der Waals surface area contributed by atoms with Gasteiger partial charge in [0.05, 0.1) is 12.0 Å². The number of aliphatic carboxylic acids is 1. The first-order valence-electron chi connectivity index (χ1n) is 8.79. The zero-order chi connectivity index (χ0) is 17.1. The van der Waals surface area contributed by atoms with E-state index < -0.39 is 46.3 Å². The van der Waals surface area contributed by atoms with Gasteiger partial charge in [-0.1, -0.05) is 18.2 Å². The van der Waals surface area contributed by atoms with Crippen LogP contribution in [0, 0.1) is 34.5 Å². The topological polar surface area (TPSA) is 83.8 Å². The van der Waals surface area contributed by atoms with Gasteiger partial charge in [0.25, 0.3) is 0 Å². The van der Waals surface area contributed by atoms with Gasteiger partial charge in [-0.15, -0.1) is 0 Å². The lowest BCUT2D eigenvalue weighted by Crippen LogP contribution is -2.50. The summed E-state index contributed by atoms with van der Waals surface area (Å²) in [6, 6.07) is 0. The molecule has 24 heavy (non-hydrogen) atoms. The largest absolute Gasteiger partial charge is 0.481 e. The quantitative estimate of drug-likeness (QED) is 0.567. The molecule has 0 aromatic heterocycles. The molecular formula is C19H22O5. The van der Waals surface area contributed by atoms with Crippen LogP contribution in [0.25, 0.3) is 0 Å². The molecule has 0 amide bonds. The molecule has 0 radical (unpaired) electrons. The molecule has 3 saturated carbocycles. The predicted octanol–water partition coefficient (Wildman–Crippen LogP) is 1.91. The third kappa shape index (κ3) is 1.25. The number of esters is 1. The van der Waals surface area contributed by atoms with Crippen LogP contribution in [0.3, 0.4) is 0 Å². The standard InChI is InChI=1S/C19H22O5/c1-9-7-18-8-10(9)3-4-11(18)19-6-5-12(20)17(2,16(23)24-19)14(19)13(18)15(21)22/h5-6,10-14,20H,1,3-4,7-8H2,2H3,(H,21,22)/t10-,11-,12+,13-,14-,17-,18-,19-/m1/s1. The number of rotatable bonds is 1. The Morgan fingerprint density at radius 3 is 2.88 bits per heavy atom. The van der Waals surface area contributed by atoms with Gasteiger partial charge >= 0.3 is 11.9 Å². The van der Waals surface area contributed by atoms with Crippen LogP contribution in [0.4, 0.5) is 0 Å². The summed E-state index contributed by atoms with van der Waals surface area (Å²) in [5.41, 5.74) is -1.30. The number of allylic oxidation sites excluding steroid dienone is 1. The Hall–Kier alpha value is -1.62. The number of aliphatic hydroxyl groups is 1. The van der Waals surface area contributed by atoms with E-state index in [-0.39, 0.29) is 5.92 Å². The van der Waals surface area contributed by atoms with Crippen LogP contribution in [-0.4, -0.2) is 33.9 Å². The van der Waals surface area contributed by atoms with E-state index in [0.717, 1.165) is 24.8 Å². The number of ether oxygens (including phenoxy) is 1. The summed E-state index contributed by atoms with van der Waals surface area (Å²) >= 11 is 0. The Kier molecular flexibility index (Phi) is 2.42. The zero-order valence-electron chi connectivity index (χ0n) is 13.7. The second kappa shape index (κ2) is 3.96. The lowest BCUT2D eigenvalue weighted by molar-refractivity contribution is -0.161. The summed E-state index contributed by atoms with van der Waals surface area (Å²) in [5.74, 6) is -2.12. The van der Waals surface area contributed by atoms with Crippen molar-refractivity contribution in [2.75, 3.05) is 0 Å². The van der Waals surface area contributed by atoms with Gasteiger partial charge in [0.1, 0.15) is 11.0 Å². The summed E-state index contributed by atoms with van der Waals surface area (Å²) in [5, 5.41) is 20.7. The van der Waals surface area contributed by atoms with Gasteiger partial charge in [0.15, 0.2) is 0 Å². The fourth-order valence-electron chi connectivity index (χ4n) is 7.14. The number of carboxylic acids is 1. The molecule has 5 heteroatoms. The molecule has 5 aliphatic rings. The van der Waals surface area contributed by atoms with E-state index in [9.17, 15) is 19.8 Å². The summed E-state index contributed by atoms with van der Waals surface area (Å²) in [4.78, 5) is 25.0. The maximum Gasteiger partial charge on any atom is 0.316 e. The van der Waals surface area contributed by atoms with Gasteiger partial charge < -0.3 is 14.9 Å². The summed E-state index contributed by atoms with van der Waals surface area (Å²) in [6.45, 7) is 5.88. The van der Waals surface area contributed by atoms with Crippen LogP contribution in [-0.2, 0) is 14.3 Å². The molecule has 4 aliphatic carbocycles. The van der Waals surface area contributed by atoms with Crippen molar-refractivity contribution in [3.8, 4) is 0 Å². The molecule has 0 aromatic rings. The number of carbonyl (C=O) groups excluding carboxylic acids is 1. The van der Waals surface area contributed by atoms with Crippen molar-refractivity contribution in [1.82, 2.24) is 0 Å². The van der Waals surface area contributed by atoms with E-state index in [4.69, 9.17) is 4.74 Å². The average Bonchev–Trinajstić information content (AvgIpc) is 2.98. The number of hydrogen-bond donors (Lipinski definition) is 2. The van der Waals surface area contributed by atoms with Crippen LogP contribution < -0.4 is 0 Å². The molecule has 5 rings (SSSR count). The van der Waals surface area contributed by atoms with Crippen molar-refractivity contribution in [2.45, 2.75) is 44.3 Å². The molecule has 128 valence electrons. The van der Waals surface area contributed by atoms with Gasteiger partial charge in [-0.05, 0) is 50.0 Å². The molecule has 1 spiro atoms. The maximum atomic E-state index is 12.7. The lowest BCUT2D eigenvalue weighted by Gasteiger charge is -2.42. The van der Waals surface area contributed by atoms with Gasteiger partial charge in [0, 0.05) is 11.8 Å². The third-order valence-corrected chi connectivity index (χ3v) is 8.02. The minimum Gasteiger partial charge on any atom is -0.481 e. The highest BCUT2D eigenvalue weighted by Gasteiger charge is 2.82. The number of carbonyl (C=O) groups is 2. The molecular weight excluding hydrogens is 308 g/mol. The normalized spacial score (nSPS) is 56.8. The predicted molar refractivity (Wildman–Crippen MR) is 83.7 cm³/mol. The summed E-state index contributed by atoms with van der Waals surface area (Å²) < 4.78 is 5.92. The van der Waals surface area contributed by atoms with E-state index in [0.29, 0.717) is 12.3 Å². The van der Waals surface area contributed by atoms with Crippen molar-refractivity contribution in [3.05, 3.63) is 24.3 Å². The first-order chi connectivity index (χ1) is 11.3. The van der Waals surface area contributed by atoms with Crippen molar-refractivity contribution >= 4 is 11.9 Å². The van der Waals surface area contributed by atoms with Crippen molar-refractivity contribution in [1.29, 1.82) is 0 Å². The second-order valence-electron chi connectivity index (χ2n) is 8.72. The Balaban J connectivity index is 1.78. The highest BCUT2D eigenvalue weighted by atomic mass is 16.6. The Morgan fingerprint density at radius 2 is 2.17 bits per heavy atom. The Morgan fingerprint density at radius 1 is 1.42 bits per heavy atom. The number of carboxylic acid groups (broad SMARTS) is 1. The van der Waals surface area contributed by atoms with Crippen LogP contribution in [0.1, 0.15) is 32.6 Å². The van der Waals surface area contributed by atoms with Crippen LogP contribution in [0.2, 0.25) is 0 Å². The molecule has 0 aromatic carbocycles. The van der Waals surface area contributed by atoms with Gasteiger partial charge in [-0.2, -0.15) is 0 Å². The fraction of sp³-hybridized carbons (Fsp3) is 0.684. The van der Waals surface area contributed by atoms with E-state index in [1.165, 1.54) is 0 Å². The fourth-order valence-corrected chi connectivity index (χ4v) is 7.14. The van der Waals surface area contributed by atoms with Gasteiger partial charge in [-0.25, -0.2) is 0 Å². The molecule has 1 aliphatic heterocycles. The molecule has 5 nitrogen and oxygen atoms in total. The van der Waals surface area contributed by atoms with Gasteiger partial charge in [-0.3, -0.25) is 9.59 Å². The first kappa shape index (κ1) is 14.7. The molecule has 1 heterocycles. The smallest absolute Gasteiger partial charge is 0.316 e. The molecule has 0 unspecified atom stereocenters. The molecule has 4 fully saturated rings. The molecule has 2 N–H and O–H groups in total. The van der Waals surface area contributed by atoms with Crippen molar-refractivity contribution in [2.24, 2.45) is 34.5 Å². The Bertz CT molecular complexity index is 725. The molecule has 8 atom stereocenters. The number of hydrogen-bond acceptors (Lipinski definition) is 4. The first-order valence-corrected chi connectivity index (χ1v) is 8.79. The Labute approximate surface area is 140 Å². The summed E-state index contributed by atoms with van der Waals surface area (Å²) in [6.07, 6.45) is 5.83. The van der Waals surface area contributed by atoms with Gasteiger partial charge in [0.2, 0.25) is 0 Å². The highest BCUT2D eigenvalue weighted by Crippen LogP contribution is 2.76. The lowest BCUT2D eigenvalue weighted by atomic mass is 9.61. The van der Waals surface area contributed by atoms with Crippen LogP contribution >= 0.6 is 0 Å². The maximum absolute atomic E-state index is 12.7. The number of aliphatic hydroxyl groups excluding tert-OH is 1. The number of fused-ring (bicyclic) bond motifs is 1. The minimum absolute atomic E-state index is 0.00104. The molecule has 4 bridgehead atoms. The third-order valence-electron chi connectivity index (χ3n) is 8.02. The second-order valence-corrected chi connectivity index (χ2v) is 8.72. The average molecular weight is 330 g/mol. The SMILES string of the molecule is C=C1C[C@@]23C[C@H]1CC[C@H]2[C@@]12C=C[C@H](O)[C@@](C)(C(=O)O1)[C@H]2[C@@H]3C(=O)O. The van der Waals surface area contributed by atoms with E-state index >= 15 is 0 Å². The van der Waals surface area contributed by atoms with E-state index in [1.807, 2.05) is 6.08 Å². The highest BCUT2D eigenvalue weighted by molar-refractivity contribution is 5.86. The van der Waals surface area contributed by atoms with Crippen molar-refractivity contribution < 1.29 is 24.5 Å². The van der Waals surface area contributed by atoms with Crippen LogP contribution in [0.5, 0.6) is 0 Å².